The van der Waals surface area contributed by atoms with Crippen molar-refractivity contribution in [3.05, 3.63) is 59.2 Å². The van der Waals surface area contributed by atoms with E-state index in [0.717, 1.165) is 12.1 Å². The molecule has 0 saturated carbocycles. The van der Waals surface area contributed by atoms with Gasteiger partial charge in [0.1, 0.15) is 6.61 Å². The van der Waals surface area contributed by atoms with Crippen molar-refractivity contribution in [2.24, 2.45) is 0 Å². The molecule has 0 heterocycles. The van der Waals surface area contributed by atoms with Gasteiger partial charge in [-0.3, -0.25) is 0 Å². The molecule has 0 saturated heterocycles. The second-order valence-electron chi connectivity index (χ2n) is 4.69. The maximum Gasteiger partial charge on any atom is 0.416 e. The van der Waals surface area contributed by atoms with Crippen molar-refractivity contribution in [2.45, 2.75) is 19.7 Å². The molecule has 0 aliphatic rings. The van der Waals surface area contributed by atoms with E-state index < -0.39 is 11.7 Å². The Balaban J connectivity index is 2.16. The third-order valence-electron chi connectivity index (χ3n) is 3.02. The summed E-state index contributed by atoms with van der Waals surface area (Å²) in [6.07, 6.45) is -4.39. The van der Waals surface area contributed by atoms with Crippen LogP contribution in [0.1, 0.15) is 23.6 Å². The van der Waals surface area contributed by atoms with E-state index in [1.165, 1.54) is 12.1 Å². The lowest BCUT2D eigenvalue weighted by atomic mass is 10.1. The normalized spacial score (nSPS) is 10.9. The van der Waals surface area contributed by atoms with Crippen LogP contribution in [0, 0.1) is 11.3 Å². The topological polar surface area (TPSA) is 42.2 Å². The van der Waals surface area contributed by atoms with Gasteiger partial charge < -0.3 is 9.47 Å². The Kier molecular flexibility index (Phi) is 5.12. The Morgan fingerprint density at radius 1 is 1.04 bits per heavy atom. The van der Waals surface area contributed by atoms with Gasteiger partial charge in [-0.25, -0.2) is 0 Å². The molecule has 6 heteroatoms. The fraction of sp³-hybridized carbons (Fsp3) is 0.235. The van der Waals surface area contributed by atoms with E-state index in [4.69, 9.17) is 14.7 Å². The molecule has 2 aromatic carbocycles. The monoisotopic (exact) mass is 321 g/mol. The first-order valence-electron chi connectivity index (χ1n) is 6.90. The molecule has 0 aliphatic heterocycles. The molecule has 23 heavy (non-hydrogen) atoms. The predicted octanol–water partition coefficient (Wildman–Crippen LogP) is 4.55. The zero-order valence-electron chi connectivity index (χ0n) is 12.4. The van der Waals surface area contributed by atoms with E-state index >= 15 is 0 Å². The summed E-state index contributed by atoms with van der Waals surface area (Å²) >= 11 is 0. The van der Waals surface area contributed by atoms with Crippen LogP contribution in [0.15, 0.2) is 42.5 Å². The van der Waals surface area contributed by atoms with Gasteiger partial charge in [-0.2, -0.15) is 18.4 Å². The summed E-state index contributed by atoms with van der Waals surface area (Å²) in [5.74, 6) is 0.766. The second kappa shape index (κ2) is 7.05. The summed E-state index contributed by atoms with van der Waals surface area (Å²) in [6.45, 7) is 2.14. The summed E-state index contributed by atoms with van der Waals surface area (Å²) < 4.78 is 49.0. The minimum Gasteiger partial charge on any atom is -0.490 e. The Bertz CT molecular complexity index is 721. The SMILES string of the molecule is CCOc1cc(C#N)ccc1OCc1cccc(C(F)(F)F)c1. The highest BCUT2D eigenvalue weighted by atomic mass is 19.4. The summed E-state index contributed by atoms with van der Waals surface area (Å²) in [4.78, 5) is 0. The molecule has 0 atom stereocenters. The van der Waals surface area contributed by atoms with Crippen molar-refractivity contribution in [3.8, 4) is 17.6 Å². The molecule has 0 amide bonds. The number of nitriles is 1. The molecule has 0 aromatic heterocycles. The first-order valence-corrected chi connectivity index (χ1v) is 6.90. The van der Waals surface area contributed by atoms with Gasteiger partial charge in [0.15, 0.2) is 11.5 Å². The standard InChI is InChI=1S/C17H14F3NO2/c1-2-22-16-9-12(10-21)6-7-15(16)23-11-13-4-3-5-14(8-13)17(18,19)20/h3-9H,2,11H2,1H3. The van der Waals surface area contributed by atoms with Crippen LogP contribution in [0.2, 0.25) is 0 Å². The van der Waals surface area contributed by atoms with Crippen LogP contribution >= 0.6 is 0 Å². The average Bonchev–Trinajstić information content (AvgIpc) is 2.53. The van der Waals surface area contributed by atoms with Crippen molar-refractivity contribution >= 4 is 0 Å². The van der Waals surface area contributed by atoms with E-state index in [1.807, 2.05) is 6.07 Å². The third-order valence-corrected chi connectivity index (χ3v) is 3.02. The molecule has 2 rings (SSSR count). The Morgan fingerprint density at radius 2 is 1.83 bits per heavy atom. The number of alkyl halides is 3. The van der Waals surface area contributed by atoms with Crippen LogP contribution in [0.5, 0.6) is 11.5 Å². The van der Waals surface area contributed by atoms with Gasteiger partial charge in [0.2, 0.25) is 0 Å². The van der Waals surface area contributed by atoms with E-state index in [1.54, 1.807) is 25.1 Å². The first kappa shape index (κ1) is 16.7. The van der Waals surface area contributed by atoms with Crippen LogP contribution in [-0.4, -0.2) is 6.61 Å². The smallest absolute Gasteiger partial charge is 0.416 e. The third kappa shape index (κ3) is 4.39. The molecule has 0 N–H and O–H groups in total. The van der Waals surface area contributed by atoms with E-state index in [0.29, 0.717) is 29.2 Å². The lowest BCUT2D eigenvalue weighted by Gasteiger charge is -2.13. The van der Waals surface area contributed by atoms with Gasteiger partial charge in [0.25, 0.3) is 0 Å². The molecule has 0 spiro atoms. The summed E-state index contributed by atoms with van der Waals surface area (Å²) in [5, 5.41) is 8.88. The van der Waals surface area contributed by atoms with Gasteiger partial charge in [0.05, 0.1) is 23.8 Å². The molecule has 3 nitrogen and oxygen atoms in total. The van der Waals surface area contributed by atoms with Crippen LogP contribution in [0.3, 0.4) is 0 Å². The molecule has 0 fully saturated rings. The summed E-state index contributed by atoms with van der Waals surface area (Å²) in [5.41, 5.74) is 0.0926. The van der Waals surface area contributed by atoms with Crippen LogP contribution < -0.4 is 9.47 Å². The lowest BCUT2D eigenvalue weighted by molar-refractivity contribution is -0.137. The average molecular weight is 321 g/mol. The highest BCUT2D eigenvalue weighted by Gasteiger charge is 2.30. The number of hydrogen-bond acceptors (Lipinski definition) is 3. The molecule has 0 aliphatic carbocycles. The molecule has 0 bridgehead atoms. The van der Waals surface area contributed by atoms with E-state index in [9.17, 15) is 13.2 Å². The Labute approximate surface area is 131 Å². The van der Waals surface area contributed by atoms with Crippen molar-refractivity contribution in [1.29, 1.82) is 5.26 Å². The van der Waals surface area contributed by atoms with Crippen molar-refractivity contribution in [1.82, 2.24) is 0 Å². The Morgan fingerprint density at radius 3 is 2.48 bits per heavy atom. The summed E-state index contributed by atoms with van der Waals surface area (Å²) in [6, 6.07) is 11.6. The number of hydrogen-bond donors (Lipinski definition) is 0. The van der Waals surface area contributed by atoms with Crippen molar-refractivity contribution in [3.63, 3.8) is 0 Å². The minimum absolute atomic E-state index is 0.0319. The molecule has 0 radical (unpaired) electrons. The van der Waals surface area contributed by atoms with Crippen LogP contribution in [0.4, 0.5) is 13.2 Å². The highest BCUT2D eigenvalue weighted by molar-refractivity contribution is 5.46. The number of rotatable bonds is 5. The van der Waals surface area contributed by atoms with Gasteiger partial charge in [-0.1, -0.05) is 12.1 Å². The van der Waals surface area contributed by atoms with Gasteiger partial charge in [0, 0.05) is 6.07 Å². The van der Waals surface area contributed by atoms with E-state index in [-0.39, 0.29) is 6.61 Å². The molecule has 2 aromatic rings. The quantitative estimate of drug-likeness (QED) is 0.811. The van der Waals surface area contributed by atoms with Gasteiger partial charge in [-0.05, 0) is 36.8 Å². The molecular weight excluding hydrogens is 307 g/mol. The van der Waals surface area contributed by atoms with Gasteiger partial charge in [-0.15, -0.1) is 0 Å². The molecular formula is C17H14F3NO2. The van der Waals surface area contributed by atoms with Crippen LogP contribution in [0.25, 0.3) is 0 Å². The number of benzene rings is 2. The largest absolute Gasteiger partial charge is 0.490 e. The number of halogens is 3. The van der Waals surface area contributed by atoms with Crippen molar-refractivity contribution < 1.29 is 22.6 Å². The molecule has 120 valence electrons. The van der Waals surface area contributed by atoms with Crippen molar-refractivity contribution in [2.75, 3.05) is 6.61 Å². The van der Waals surface area contributed by atoms with E-state index in [2.05, 4.69) is 0 Å². The number of ether oxygens (including phenoxy) is 2. The fourth-order valence-corrected chi connectivity index (χ4v) is 1.96. The maximum atomic E-state index is 12.7. The Hall–Kier alpha value is -2.68. The second-order valence-corrected chi connectivity index (χ2v) is 4.69. The highest BCUT2D eigenvalue weighted by Crippen LogP contribution is 2.31. The predicted molar refractivity (Wildman–Crippen MR) is 78.1 cm³/mol. The summed E-state index contributed by atoms with van der Waals surface area (Å²) in [7, 11) is 0. The van der Waals surface area contributed by atoms with Crippen LogP contribution in [-0.2, 0) is 12.8 Å². The van der Waals surface area contributed by atoms with Gasteiger partial charge >= 0.3 is 6.18 Å². The first-order chi connectivity index (χ1) is 10.9. The minimum atomic E-state index is -4.39. The maximum absolute atomic E-state index is 12.7. The lowest BCUT2D eigenvalue weighted by Crippen LogP contribution is -2.06. The number of nitrogens with zero attached hydrogens (tertiary/aromatic N) is 1. The fourth-order valence-electron chi connectivity index (χ4n) is 1.96. The zero-order chi connectivity index (χ0) is 16.9. The molecule has 0 unspecified atom stereocenters. The zero-order valence-corrected chi connectivity index (χ0v) is 12.4.